The molecule has 0 radical (unpaired) electrons. The van der Waals surface area contributed by atoms with Gasteiger partial charge in [0.15, 0.2) is 11.5 Å². The molecule has 0 saturated heterocycles. The van der Waals surface area contributed by atoms with Gasteiger partial charge in [-0.15, -0.1) is 0 Å². The van der Waals surface area contributed by atoms with Crippen LogP contribution in [0.5, 0.6) is 11.5 Å². The van der Waals surface area contributed by atoms with Gasteiger partial charge in [0.1, 0.15) is 25.6 Å². The summed E-state index contributed by atoms with van der Waals surface area (Å²) in [6, 6.07) is 20.5. The molecular formula is C27H26N4O4. The lowest BCUT2D eigenvalue weighted by Crippen LogP contribution is -2.27. The summed E-state index contributed by atoms with van der Waals surface area (Å²) < 4.78 is 13.0. The number of nitrogens with one attached hydrogen (secondary N) is 2. The number of para-hydroxylation sites is 2. The summed E-state index contributed by atoms with van der Waals surface area (Å²) in [5.74, 6) is 1.71. The molecule has 0 bridgehead atoms. The van der Waals surface area contributed by atoms with Crippen LogP contribution < -0.4 is 20.1 Å². The Labute approximate surface area is 202 Å². The van der Waals surface area contributed by atoms with Crippen molar-refractivity contribution in [2.75, 3.05) is 25.1 Å². The number of aromatic nitrogens is 2. The fourth-order valence-corrected chi connectivity index (χ4v) is 4.17. The van der Waals surface area contributed by atoms with Crippen molar-refractivity contribution in [1.29, 1.82) is 0 Å². The third kappa shape index (κ3) is 4.96. The molecule has 0 atom stereocenters. The van der Waals surface area contributed by atoms with Gasteiger partial charge in [-0.25, -0.2) is 4.98 Å². The van der Waals surface area contributed by atoms with Crippen molar-refractivity contribution in [3.63, 3.8) is 0 Å². The fourth-order valence-electron chi connectivity index (χ4n) is 4.17. The van der Waals surface area contributed by atoms with Gasteiger partial charge in [0.05, 0.1) is 11.0 Å². The van der Waals surface area contributed by atoms with Crippen LogP contribution in [-0.2, 0) is 17.8 Å². The minimum absolute atomic E-state index is 0.0933. The summed E-state index contributed by atoms with van der Waals surface area (Å²) in [6.45, 7) is 3.40. The van der Waals surface area contributed by atoms with Gasteiger partial charge in [-0.3, -0.25) is 9.59 Å². The van der Waals surface area contributed by atoms with E-state index < -0.39 is 0 Å². The first kappa shape index (κ1) is 22.5. The van der Waals surface area contributed by atoms with E-state index in [9.17, 15) is 9.59 Å². The second-order valence-electron chi connectivity index (χ2n) is 8.33. The van der Waals surface area contributed by atoms with E-state index in [0.29, 0.717) is 48.9 Å². The number of benzene rings is 3. The number of anilines is 1. The number of carbonyl (C=O) groups excluding carboxylic acids is 2. The van der Waals surface area contributed by atoms with Crippen LogP contribution in [0.1, 0.15) is 21.7 Å². The monoisotopic (exact) mass is 470 g/mol. The van der Waals surface area contributed by atoms with E-state index in [1.807, 2.05) is 60.0 Å². The van der Waals surface area contributed by atoms with Crippen LogP contribution in [0.15, 0.2) is 66.7 Å². The molecule has 0 unspecified atom stereocenters. The van der Waals surface area contributed by atoms with Crippen LogP contribution in [-0.4, -0.2) is 41.1 Å². The van der Waals surface area contributed by atoms with Gasteiger partial charge in [-0.2, -0.15) is 0 Å². The number of fused-ring (bicyclic) bond motifs is 2. The van der Waals surface area contributed by atoms with Gasteiger partial charge >= 0.3 is 0 Å². The van der Waals surface area contributed by atoms with Crippen molar-refractivity contribution in [2.45, 2.75) is 19.9 Å². The van der Waals surface area contributed by atoms with Crippen LogP contribution in [0.4, 0.5) is 5.69 Å². The minimum Gasteiger partial charge on any atom is -0.486 e. The molecule has 178 valence electrons. The van der Waals surface area contributed by atoms with Crippen molar-refractivity contribution < 1.29 is 19.1 Å². The molecule has 1 aromatic heterocycles. The Bertz CT molecular complexity index is 1400. The molecule has 0 fully saturated rings. The molecule has 4 aromatic rings. The number of rotatable bonds is 7. The Morgan fingerprint density at radius 2 is 1.74 bits per heavy atom. The fraction of sp³-hybridized carbons (Fsp3) is 0.222. The average Bonchev–Trinajstić information content (AvgIpc) is 3.21. The predicted octanol–water partition coefficient (Wildman–Crippen LogP) is 3.73. The molecule has 2 heterocycles. The van der Waals surface area contributed by atoms with E-state index >= 15 is 0 Å². The van der Waals surface area contributed by atoms with E-state index in [1.165, 1.54) is 0 Å². The van der Waals surface area contributed by atoms with Crippen LogP contribution in [0.3, 0.4) is 0 Å². The summed E-state index contributed by atoms with van der Waals surface area (Å²) in [4.78, 5) is 30.2. The molecule has 2 amide bonds. The molecule has 8 nitrogen and oxygen atoms in total. The zero-order chi connectivity index (χ0) is 24.2. The van der Waals surface area contributed by atoms with Crippen LogP contribution in [0, 0.1) is 6.92 Å². The Morgan fingerprint density at radius 3 is 2.60 bits per heavy atom. The van der Waals surface area contributed by atoms with Gasteiger partial charge in [0.25, 0.3) is 5.91 Å². The molecule has 0 aliphatic carbocycles. The van der Waals surface area contributed by atoms with Gasteiger partial charge < -0.3 is 24.7 Å². The molecular weight excluding hydrogens is 444 g/mol. The molecule has 3 aromatic carbocycles. The van der Waals surface area contributed by atoms with Crippen molar-refractivity contribution in [2.24, 2.45) is 0 Å². The van der Waals surface area contributed by atoms with Crippen molar-refractivity contribution in [3.8, 4) is 11.5 Å². The standard InChI is InChI=1S/C27H26N4O4/c1-18-6-2-3-7-20(18)27(33)28-13-12-25-30-21-8-4-5-9-22(21)31(25)17-26(32)29-19-10-11-23-24(16-19)35-15-14-34-23/h2-11,16H,12-15,17H2,1H3,(H,28,33)(H,29,32). The Hall–Kier alpha value is -4.33. The molecule has 1 aliphatic heterocycles. The molecule has 5 rings (SSSR count). The van der Waals surface area contributed by atoms with Gasteiger partial charge in [-0.05, 0) is 42.8 Å². The number of ether oxygens (including phenoxy) is 2. The maximum absolute atomic E-state index is 12.9. The highest BCUT2D eigenvalue weighted by molar-refractivity contribution is 5.95. The third-order valence-electron chi connectivity index (χ3n) is 5.89. The second kappa shape index (κ2) is 9.89. The van der Waals surface area contributed by atoms with Crippen molar-refractivity contribution in [1.82, 2.24) is 14.9 Å². The van der Waals surface area contributed by atoms with E-state index in [0.717, 1.165) is 22.4 Å². The smallest absolute Gasteiger partial charge is 0.251 e. The number of imidazole rings is 1. The molecule has 8 heteroatoms. The van der Waals surface area contributed by atoms with Crippen LogP contribution >= 0.6 is 0 Å². The van der Waals surface area contributed by atoms with Gasteiger partial charge in [0, 0.05) is 30.3 Å². The van der Waals surface area contributed by atoms with Crippen LogP contribution in [0.25, 0.3) is 11.0 Å². The minimum atomic E-state index is -0.185. The van der Waals surface area contributed by atoms with E-state index in [2.05, 4.69) is 10.6 Å². The second-order valence-corrected chi connectivity index (χ2v) is 8.33. The summed E-state index contributed by atoms with van der Waals surface area (Å²) in [5.41, 5.74) is 3.88. The summed E-state index contributed by atoms with van der Waals surface area (Å²) in [7, 11) is 0. The van der Waals surface area contributed by atoms with E-state index in [-0.39, 0.29) is 18.4 Å². The first-order valence-electron chi connectivity index (χ1n) is 11.6. The lowest BCUT2D eigenvalue weighted by molar-refractivity contribution is -0.116. The quantitative estimate of drug-likeness (QED) is 0.429. The first-order valence-corrected chi connectivity index (χ1v) is 11.6. The number of nitrogens with zero attached hydrogens (tertiary/aromatic N) is 2. The molecule has 35 heavy (non-hydrogen) atoms. The van der Waals surface area contributed by atoms with E-state index in [4.69, 9.17) is 14.5 Å². The topological polar surface area (TPSA) is 94.5 Å². The number of amides is 2. The Kier molecular flexibility index (Phi) is 6.34. The number of hydrogen-bond acceptors (Lipinski definition) is 5. The maximum atomic E-state index is 12.9. The van der Waals surface area contributed by atoms with Gasteiger partial charge in [-0.1, -0.05) is 30.3 Å². The van der Waals surface area contributed by atoms with Crippen LogP contribution in [0.2, 0.25) is 0 Å². The summed E-state index contributed by atoms with van der Waals surface area (Å²) in [6.07, 6.45) is 0.490. The number of hydrogen-bond donors (Lipinski definition) is 2. The molecule has 1 aliphatic rings. The summed E-state index contributed by atoms with van der Waals surface area (Å²) in [5, 5.41) is 5.89. The Morgan fingerprint density at radius 1 is 0.971 bits per heavy atom. The lowest BCUT2D eigenvalue weighted by atomic mass is 10.1. The molecule has 0 saturated carbocycles. The average molecular weight is 471 g/mol. The zero-order valence-electron chi connectivity index (χ0n) is 19.4. The van der Waals surface area contributed by atoms with Crippen molar-refractivity contribution >= 4 is 28.5 Å². The molecule has 0 spiro atoms. The number of aryl methyl sites for hydroxylation is 1. The number of carbonyl (C=O) groups is 2. The van der Waals surface area contributed by atoms with Gasteiger partial charge in [0.2, 0.25) is 5.91 Å². The van der Waals surface area contributed by atoms with Crippen molar-refractivity contribution in [3.05, 3.63) is 83.7 Å². The maximum Gasteiger partial charge on any atom is 0.251 e. The van der Waals surface area contributed by atoms with E-state index in [1.54, 1.807) is 18.2 Å². The normalized spacial score (nSPS) is 12.4. The Balaban J connectivity index is 1.29. The summed E-state index contributed by atoms with van der Waals surface area (Å²) >= 11 is 0. The highest BCUT2D eigenvalue weighted by Gasteiger charge is 2.16. The lowest BCUT2D eigenvalue weighted by Gasteiger charge is -2.19. The molecule has 2 N–H and O–H groups in total. The first-order chi connectivity index (χ1) is 17.1. The third-order valence-corrected chi connectivity index (χ3v) is 5.89. The predicted molar refractivity (Wildman–Crippen MR) is 133 cm³/mol. The zero-order valence-corrected chi connectivity index (χ0v) is 19.4. The highest BCUT2D eigenvalue weighted by Crippen LogP contribution is 2.32. The largest absolute Gasteiger partial charge is 0.486 e. The highest BCUT2D eigenvalue weighted by atomic mass is 16.6. The SMILES string of the molecule is Cc1ccccc1C(=O)NCCc1nc2ccccc2n1CC(=O)Nc1ccc2c(c1)OCCO2.